The maximum absolute atomic E-state index is 13.6. The van der Waals surface area contributed by atoms with Crippen LogP contribution in [0.5, 0.6) is 0 Å². The Morgan fingerprint density at radius 2 is 1.94 bits per heavy atom. The molecule has 1 spiro atoms. The second-order valence-corrected chi connectivity index (χ2v) is 8.83. The van der Waals surface area contributed by atoms with Gasteiger partial charge in [0.15, 0.2) is 0 Å². The smallest absolute Gasteiger partial charge is 0.356 e. The molecule has 0 radical (unpaired) electrons. The van der Waals surface area contributed by atoms with Crippen molar-refractivity contribution in [1.82, 2.24) is 15.4 Å². The van der Waals surface area contributed by atoms with Gasteiger partial charge in [-0.3, -0.25) is 0 Å². The average molecular weight is 442 g/mol. The molecule has 0 bridgehead atoms. The molecule has 9 heteroatoms. The fourth-order valence-electron chi connectivity index (χ4n) is 5.11. The highest BCUT2D eigenvalue weighted by Crippen LogP contribution is 2.51. The maximum atomic E-state index is 13.6. The van der Waals surface area contributed by atoms with Gasteiger partial charge in [0.25, 0.3) is 0 Å². The summed E-state index contributed by atoms with van der Waals surface area (Å²) in [5.74, 6) is -0.878. The fourth-order valence-corrected chi connectivity index (χ4v) is 5.11. The third kappa shape index (κ3) is 3.54. The number of anilines is 1. The van der Waals surface area contributed by atoms with E-state index < -0.39 is 12.0 Å². The van der Waals surface area contributed by atoms with Crippen LogP contribution < -0.4 is 16.1 Å². The van der Waals surface area contributed by atoms with E-state index in [9.17, 15) is 13.2 Å². The lowest BCUT2D eigenvalue weighted by Gasteiger charge is -2.42. The number of fused-ring (bicyclic) bond motifs is 1. The lowest BCUT2D eigenvalue weighted by molar-refractivity contribution is -0.144. The van der Waals surface area contributed by atoms with Gasteiger partial charge in [0.1, 0.15) is 5.82 Å². The van der Waals surface area contributed by atoms with Crippen molar-refractivity contribution in [2.75, 3.05) is 24.5 Å². The van der Waals surface area contributed by atoms with Crippen LogP contribution in [0.1, 0.15) is 47.9 Å². The van der Waals surface area contributed by atoms with Crippen LogP contribution in [0.3, 0.4) is 0 Å². The number of hydrogen-bond donors (Lipinski definition) is 2. The molecule has 32 heavy (non-hydrogen) atoms. The first-order chi connectivity index (χ1) is 15.3. The van der Waals surface area contributed by atoms with E-state index in [4.69, 9.17) is 5.73 Å². The zero-order chi connectivity index (χ0) is 22.5. The number of nitrogens with one attached hydrogen (secondary N) is 1. The van der Waals surface area contributed by atoms with Crippen LogP contribution in [0.15, 0.2) is 42.0 Å². The van der Waals surface area contributed by atoms with Crippen LogP contribution in [0.4, 0.5) is 19.0 Å². The molecule has 3 N–H and O–H groups in total. The molecule has 0 saturated carbocycles. The molecule has 0 amide bonds. The Morgan fingerprint density at radius 1 is 1.19 bits per heavy atom. The van der Waals surface area contributed by atoms with Crippen LogP contribution in [-0.4, -0.2) is 35.3 Å². The van der Waals surface area contributed by atoms with Crippen molar-refractivity contribution in [2.24, 2.45) is 16.3 Å². The Bertz CT molecular complexity index is 1090. The van der Waals surface area contributed by atoms with Gasteiger partial charge in [-0.1, -0.05) is 30.8 Å². The molecule has 1 aliphatic carbocycles. The van der Waals surface area contributed by atoms with Crippen LogP contribution >= 0.6 is 0 Å². The molecule has 1 fully saturated rings. The highest BCUT2D eigenvalue weighted by Gasteiger charge is 2.46. The summed E-state index contributed by atoms with van der Waals surface area (Å²) < 4.78 is 40.7. The quantitative estimate of drug-likeness (QED) is 0.758. The van der Waals surface area contributed by atoms with E-state index in [1.807, 2.05) is 17.0 Å². The molecular weight excluding hydrogens is 417 g/mol. The molecular formula is C23H25F3N6. The van der Waals surface area contributed by atoms with E-state index in [0.717, 1.165) is 19.3 Å². The summed E-state index contributed by atoms with van der Waals surface area (Å²) in [6, 6.07) is 9.77. The van der Waals surface area contributed by atoms with Gasteiger partial charge in [0, 0.05) is 43.7 Å². The van der Waals surface area contributed by atoms with Crippen molar-refractivity contribution in [3.05, 3.63) is 59.6 Å². The van der Waals surface area contributed by atoms with Crippen LogP contribution in [0.2, 0.25) is 0 Å². The number of hydrogen-bond acceptors (Lipinski definition) is 6. The summed E-state index contributed by atoms with van der Waals surface area (Å²) in [6.45, 7) is 5.75. The topological polar surface area (TPSA) is 79.4 Å². The first-order valence-corrected chi connectivity index (χ1v) is 10.8. The molecule has 2 aromatic rings. The predicted octanol–water partition coefficient (Wildman–Crippen LogP) is 3.70. The molecule has 3 heterocycles. The van der Waals surface area contributed by atoms with Crippen molar-refractivity contribution < 1.29 is 13.2 Å². The number of aromatic nitrogens is 2. The lowest BCUT2D eigenvalue weighted by Crippen LogP contribution is -2.44. The summed E-state index contributed by atoms with van der Waals surface area (Å²) >= 11 is 0. The van der Waals surface area contributed by atoms with E-state index in [1.54, 1.807) is 6.07 Å². The Morgan fingerprint density at radius 3 is 2.59 bits per heavy atom. The number of nitrogens with zero attached hydrogens (tertiary/aromatic N) is 4. The molecule has 168 valence electrons. The molecule has 1 aromatic heterocycles. The second kappa shape index (κ2) is 7.58. The first-order valence-electron chi connectivity index (χ1n) is 10.8. The monoisotopic (exact) mass is 442 g/mol. The summed E-state index contributed by atoms with van der Waals surface area (Å²) in [4.78, 5) is 9.54. The van der Waals surface area contributed by atoms with Crippen molar-refractivity contribution in [3.63, 3.8) is 0 Å². The van der Waals surface area contributed by atoms with Crippen LogP contribution in [-0.2, 0) is 12.6 Å². The van der Waals surface area contributed by atoms with E-state index in [0.29, 0.717) is 37.3 Å². The number of benzene rings is 1. The van der Waals surface area contributed by atoms with Crippen LogP contribution in [0, 0.1) is 5.41 Å². The summed E-state index contributed by atoms with van der Waals surface area (Å²) in [6.07, 6.45) is -1.55. The molecule has 1 atom stereocenters. The van der Waals surface area contributed by atoms with Gasteiger partial charge in [0.2, 0.25) is 5.82 Å². The number of halogens is 3. The van der Waals surface area contributed by atoms with Crippen molar-refractivity contribution in [2.45, 2.75) is 37.9 Å². The van der Waals surface area contributed by atoms with E-state index in [1.165, 1.54) is 11.1 Å². The molecule has 0 unspecified atom stereocenters. The van der Waals surface area contributed by atoms with Crippen LogP contribution in [0.25, 0.3) is 5.57 Å². The minimum Gasteiger partial charge on any atom is -0.356 e. The average Bonchev–Trinajstić information content (AvgIpc) is 3.41. The normalized spacial score (nSPS) is 21.9. The standard InChI is InChI=1S/C23H25F3N6/c1-14(17-6-9-28-31-17)18-12-19(30-21(29-18)23(24,25)26)32-10-7-22(8-11-32)13-15-4-2-3-5-16(15)20(22)27/h2-5,12,20,28H,1,6-11,13,27H2/t20-/m1/s1. The van der Waals surface area contributed by atoms with E-state index in [2.05, 4.69) is 39.2 Å². The van der Waals surface area contributed by atoms with Crippen molar-refractivity contribution in [1.29, 1.82) is 0 Å². The highest BCUT2D eigenvalue weighted by atomic mass is 19.4. The number of nitrogens with two attached hydrogens (primary N) is 1. The molecule has 1 aromatic carbocycles. The number of allylic oxidation sites excluding steroid dienone is 1. The summed E-state index contributed by atoms with van der Waals surface area (Å²) in [7, 11) is 0. The Kier molecular flexibility index (Phi) is 4.96. The van der Waals surface area contributed by atoms with Gasteiger partial charge in [0.05, 0.1) is 11.4 Å². The highest BCUT2D eigenvalue weighted by molar-refractivity contribution is 6.23. The number of rotatable bonds is 3. The minimum atomic E-state index is -4.65. The Hall–Kier alpha value is -2.94. The number of hydrazone groups is 1. The molecule has 5 rings (SSSR count). The van der Waals surface area contributed by atoms with E-state index in [-0.39, 0.29) is 23.0 Å². The van der Waals surface area contributed by atoms with Gasteiger partial charge in [-0.2, -0.15) is 18.3 Å². The van der Waals surface area contributed by atoms with Gasteiger partial charge in [-0.25, -0.2) is 9.97 Å². The first kappa shape index (κ1) is 20.9. The summed E-state index contributed by atoms with van der Waals surface area (Å²) in [5, 5.41) is 4.12. The number of alkyl halides is 3. The zero-order valence-corrected chi connectivity index (χ0v) is 17.6. The minimum absolute atomic E-state index is 0.0554. The summed E-state index contributed by atoms with van der Waals surface area (Å²) in [5.41, 5.74) is 13.0. The molecule has 2 aliphatic heterocycles. The Labute approximate surface area is 184 Å². The van der Waals surface area contributed by atoms with Crippen molar-refractivity contribution >= 4 is 17.1 Å². The molecule has 6 nitrogen and oxygen atoms in total. The second-order valence-electron chi connectivity index (χ2n) is 8.83. The van der Waals surface area contributed by atoms with Gasteiger partial charge in [-0.05, 0) is 35.8 Å². The lowest BCUT2D eigenvalue weighted by atomic mass is 9.73. The maximum Gasteiger partial charge on any atom is 0.451 e. The predicted molar refractivity (Wildman–Crippen MR) is 117 cm³/mol. The van der Waals surface area contributed by atoms with E-state index >= 15 is 0 Å². The molecule has 1 saturated heterocycles. The van der Waals surface area contributed by atoms with Gasteiger partial charge < -0.3 is 16.1 Å². The van der Waals surface area contributed by atoms with Crippen molar-refractivity contribution in [3.8, 4) is 0 Å². The SMILES string of the molecule is C=C(C1=NNCC1)c1cc(N2CCC3(CC2)Cc2ccccc2[C@H]3N)nc(C(F)(F)F)n1. The molecule has 3 aliphatic rings. The van der Waals surface area contributed by atoms with Gasteiger partial charge >= 0.3 is 6.18 Å². The zero-order valence-electron chi connectivity index (χ0n) is 17.6. The third-order valence-corrected chi connectivity index (χ3v) is 6.99. The number of piperidine rings is 1. The fraction of sp³-hybridized carbons (Fsp3) is 0.435. The van der Waals surface area contributed by atoms with Gasteiger partial charge in [-0.15, -0.1) is 0 Å². The largest absolute Gasteiger partial charge is 0.451 e. The third-order valence-electron chi connectivity index (χ3n) is 6.99. The Balaban J connectivity index is 1.41.